The zero-order valence-corrected chi connectivity index (χ0v) is 12.4. The Labute approximate surface area is 116 Å². The van der Waals surface area contributed by atoms with Gasteiger partial charge in [-0.1, -0.05) is 0 Å². The van der Waals surface area contributed by atoms with Crippen LogP contribution in [0.25, 0.3) is 0 Å². The number of nitrogens with zero attached hydrogens (tertiary/aromatic N) is 2. The van der Waals surface area contributed by atoms with Crippen molar-refractivity contribution in [1.29, 1.82) is 0 Å². The van der Waals surface area contributed by atoms with Gasteiger partial charge in [-0.3, -0.25) is 0 Å². The van der Waals surface area contributed by atoms with Crippen LogP contribution in [0.1, 0.15) is 25.7 Å². The third-order valence-electron chi connectivity index (χ3n) is 4.02. The van der Waals surface area contributed by atoms with Crippen molar-refractivity contribution >= 4 is 10.2 Å². The molecule has 2 rings (SSSR count). The molecular formula is C12H25N3O3S. The summed E-state index contributed by atoms with van der Waals surface area (Å²) in [6, 6.07) is 0. The lowest BCUT2D eigenvalue weighted by Gasteiger charge is -2.34. The highest BCUT2D eigenvalue weighted by atomic mass is 32.2. The summed E-state index contributed by atoms with van der Waals surface area (Å²) in [5.41, 5.74) is 5.66. The van der Waals surface area contributed by atoms with Gasteiger partial charge in [0.25, 0.3) is 10.2 Å². The topological polar surface area (TPSA) is 75.9 Å². The molecule has 0 radical (unpaired) electrons. The number of piperidine rings is 1. The minimum atomic E-state index is -3.36. The minimum absolute atomic E-state index is 0.0508. The van der Waals surface area contributed by atoms with E-state index in [1.807, 2.05) is 0 Å². The summed E-state index contributed by atoms with van der Waals surface area (Å²) in [5.74, 6) is 0.291. The zero-order chi connectivity index (χ0) is 13.9. The van der Waals surface area contributed by atoms with Crippen molar-refractivity contribution in [3.05, 3.63) is 0 Å². The molecule has 2 saturated heterocycles. The fraction of sp³-hybridized carbons (Fsp3) is 1.00. The van der Waals surface area contributed by atoms with Crippen molar-refractivity contribution < 1.29 is 13.2 Å². The fourth-order valence-electron chi connectivity index (χ4n) is 2.80. The number of ether oxygens (including phenoxy) is 1. The smallest absolute Gasteiger partial charge is 0.281 e. The first-order chi connectivity index (χ1) is 9.04. The number of nitrogens with two attached hydrogens (primary N) is 1. The van der Waals surface area contributed by atoms with Gasteiger partial charge in [0.1, 0.15) is 0 Å². The highest BCUT2D eigenvalue weighted by Crippen LogP contribution is 2.21. The third-order valence-corrected chi connectivity index (χ3v) is 5.94. The van der Waals surface area contributed by atoms with Crippen molar-refractivity contribution in [2.24, 2.45) is 11.7 Å². The predicted octanol–water partition coefficient (Wildman–Crippen LogP) is 0.0127. The average molecular weight is 291 g/mol. The number of hydrogen-bond donors (Lipinski definition) is 1. The van der Waals surface area contributed by atoms with Crippen LogP contribution in [0.5, 0.6) is 0 Å². The summed E-state index contributed by atoms with van der Waals surface area (Å²) in [6.07, 6.45) is 3.95. The molecular weight excluding hydrogens is 266 g/mol. The molecule has 0 aromatic heterocycles. The van der Waals surface area contributed by atoms with E-state index in [1.165, 1.54) is 4.31 Å². The summed E-state index contributed by atoms with van der Waals surface area (Å²) in [7, 11) is -1.72. The molecule has 19 heavy (non-hydrogen) atoms. The molecule has 0 spiro atoms. The Morgan fingerprint density at radius 3 is 2.79 bits per heavy atom. The zero-order valence-electron chi connectivity index (χ0n) is 11.6. The second kappa shape index (κ2) is 6.49. The van der Waals surface area contributed by atoms with Crippen molar-refractivity contribution in [2.45, 2.75) is 31.8 Å². The predicted molar refractivity (Wildman–Crippen MR) is 73.9 cm³/mol. The molecule has 2 atom stereocenters. The molecule has 0 aromatic carbocycles. The van der Waals surface area contributed by atoms with E-state index < -0.39 is 10.2 Å². The molecule has 112 valence electrons. The lowest BCUT2D eigenvalue weighted by Crippen LogP contribution is -2.49. The summed E-state index contributed by atoms with van der Waals surface area (Å²) in [5, 5.41) is 0. The monoisotopic (exact) mass is 291 g/mol. The highest BCUT2D eigenvalue weighted by Gasteiger charge is 2.33. The van der Waals surface area contributed by atoms with Crippen LogP contribution in [0.3, 0.4) is 0 Å². The molecule has 2 heterocycles. The molecule has 2 N–H and O–H groups in total. The average Bonchev–Trinajstić information content (AvgIpc) is 2.91. The van der Waals surface area contributed by atoms with Gasteiger partial charge >= 0.3 is 0 Å². The summed E-state index contributed by atoms with van der Waals surface area (Å²) in [4.78, 5) is 0. The van der Waals surface area contributed by atoms with E-state index in [1.54, 1.807) is 11.4 Å². The van der Waals surface area contributed by atoms with Crippen LogP contribution in [0, 0.1) is 5.92 Å². The second-order valence-electron chi connectivity index (χ2n) is 5.53. The van der Waals surface area contributed by atoms with Crippen LogP contribution in [0.2, 0.25) is 0 Å². The first kappa shape index (κ1) is 15.2. The van der Waals surface area contributed by atoms with Crippen LogP contribution in [-0.2, 0) is 14.9 Å². The maximum absolute atomic E-state index is 12.5. The largest absolute Gasteiger partial charge is 0.377 e. The molecule has 2 fully saturated rings. The van der Waals surface area contributed by atoms with Gasteiger partial charge in [0.05, 0.1) is 6.10 Å². The molecule has 7 heteroatoms. The van der Waals surface area contributed by atoms with E-state index in [2.05, 4.69) is 0 Å². The Hall–Kier alpha value is -0.210. The number of rotatable bonds is 5. The van der Waals surface area contributed by atoms with Gasteiger partial charge in [-0.2, -0.15) is 17.0 Å². The quantitative estimate of drug-likeness (QED) is 0.774. The molecule has 0 saturated carbocycles. The molecule has 6 nitrogen and oxygen atoms in total. The number of hydrogen-bond acceptors (Lipinski definition) is 4. The van der Waals surface area contributed by atoms with Crippen molar-refractivity contribution in [3.63, 3.8) is 0 Å². The molecule has 2 unspecified atom stereocenters. The Morgan fingerprint density at radius 1 is 1.37 bits per heavy atom. The third kappa shape index (κ3) is 3.66. The number of likely N-dealkylation sites (N-methyl/N-ethyl adjacent to an activating group) is 1. The van der Waals surface area contributed by atoms with Crippen LogP contribution in [-0.4, -0.2) is 63.0 Å². The van der Waals surface area contributed by atoms with E-state index in [4.69, 9.17) is 10.5 Å². The Bertz CT molecular complexity index is 382. The van der Waals surface area contributed by atoms with Gasteiger partial charge in [-0.15, -0.1) is 0 Å². The molecule has 0 bridgehead atoms. The SMILES string of the molecule is CN(CC1CCCO1)S(=O)(=O)N1CCCC(CN)C1. The van der Waals surface area contributed by atoms with Gasteiger partial charge in [-0.25, -0.2) is 0 Å². The van der Waals surface area contributed by atoms with Crippen LogP contribution >= 0.6 is 0 Å². The van der Waals surface area contributed by atoms with E-state index in [0.29, 0.717) is 32.1 Å². The minimum Gasteiger partial charge on any atom is -0.377 e. The Balaban J connectivity index is 1.95. The first-order valence-corrected chi connectivity index (χ1v) is 8.47. The van der Waals surface area contributed by atoms with E-state index in [0.717, 1.165) is 32.3 Å². The normalized spacial score (nSPS) is 30.1. The molecule has 0 aliphatic carbocycles. The Kier molecular flexibility index (Phi) is 5.19. The standard InChI is InChI=1S/C12H25N3O3S/c1-14(10-12-5-3-7-18-12)19(16,17)15-6-2-4-11(8-13)9-15/h11-12H,2-10,13H2,1H3. The maximum Gasteiger partial charge on any atom is 0.281 e. The lowest BCUT2D eigenvalue weighted by atomic mass is 10.0. The van der Waals surface area contributed by atoms with E-state index in [-0.39, 0.29) is 6.10 Å². The molecule has 0 aromatic rings. The van der Waals surface area contributed by atoms with Crippen molar-refractivity contribution in [2.75, 3.05) is 39.8 Å². The summed E-state index contributed by atoms with van der Waals surface area (Å²) in [6.45, 7) is 2.91. The van der Waals surface area contributed by atoms with Crippen LogP contribution in [0.15, 0.2) is 0 Å². The van der Waals surface area contributed by atoms with Crippen molar-refractivity contribution in [3.8, 4) is 0 Å². The maximum atomic E-state index is 12.5. The summed E-state index contributed by atoms with van der Waals surface area (Å²) >= 11 is 0. The van der Waals surface area contributed by atoms with Gasteiger partial charge < -0.3 is 10.5 Å². The second-order valence-corrected chi connectivity index (χ2v) is 7.56. The first-order valence-electron chi connectivity index (χ1n) is 7.07. The molecule has 2 aliphatic heterocycles. The van der Waals surface area contributed by atoms with Crippen LogP contribution < -0.4 is 5.73 Å². The van der Waals surface area contributed by atoms with Crippen LogP contribution in [0.4, 0.5) is 0 Å². The van der Waals surface area contributed by atoms with E-state index >= 15 is 0 Å². The molecule has 0 amide bonds. The summed E-state index contributed by atoms with van der Waals surface area (Å²) < 4.78 is 33.5. The van der Waals surface area contributed by atoms with Gasteiger partial charge in [0.15, 0.2) is 0 Å². The van der Waals surface area contributed by atoms with Gasteiger partial charge in [-0.05, 0) is 38.1 Å². The fourth-order valence-corrected chi connectivity index (χ4v) is 4.30. The molecule has 2 aliphatic rings. The Morgan fingerprint density at radius 2 is 2.16 bits per heavy atom. The highest BCUT2D eigenvalue weighted by molar-refractivity contribution is 7.86. The van der Waals surface area contributed by atoms with Crippen molar-refractivity contribution in [1.82, 2.24) is 8.61 Å². The van der Waals surface area contributed by atoms with Gasteiger partial charge in [0.2, 0.25) is 0 Å². The van der Waals surface area contributed by atoms with E-state index in [9.17, 15) is 8.42 Å². The lowest BCUT2D eigenvalue weighted by molar-refractivity contribution is 0.0959. The van der Waals surface area contributed by atoms with Gasteiger partial charge in [0, 0.05) is 33.3 Å².